The second-order valence-corrected chi connectivity index (χ2v) is 9.23. The zero-order chi connectivity index (χ0) is 23.5. The Labute approximate surface area is 183 Å². The topological polar surface area (TPSA) is 158 Å². The number of aromatic nitrogens is 2. The molecule has 1 aromatic heterocycles. The number of nitrogens with zero attached hydrogens (tertiary/aromatic N) is 1. The van der Waals surface area contributed by atoms with Gasteiger partial charge in [-0.15, -0.1) is 0 Å². The van der Waals surface area contributed by atoms with Gasteiger partial charge in [0.05, 0.1) is 18.1 Å². The summed E-state index contributed by atoms with van der Waals surface area (Å²) in [5.41, 5.74) is -1.06. The predicted octanol–water partition coefficient (Wildman–Crippen LogP) is 0.588. The molecule has 3 rings (SSSR count). The fourth-order valence-electron chi connectivity index (χ4n) is 3.55. The van der Waals surface area contributed by atoms with Gasteiger partial charge in [-0.05, 0) is 51.0 Å². The van der Waals surface area contributed by atoms with Crippen LogP contribution in [0.25, 0.3) is 0 Å². The lowest BCUT2D eigenvalue weighted by molar-refractivity contribution is -0.120. The number of carbonyl (C=O) groups excluding carboxylic acids is 2. The Morgan fingerprint density at radius 2 is 1.88 bits per heavy atom. The molecule has 32 heavy (non-hydrogen) atoms. The highest BCUT2D eigenvalue weighted by Gasteiger charge is 2.36. The van der Waals surface area contributed by atoms with Gasteiger partial charge in [0, 0.05) is 24.5 Å². The number of benzene rings is 1. The Bertz CT molecular complexity index is 1230. The van der Waals surface area contributed by atoms with Crippen molar-refractivity contribution in [2.45, 2.75) is 31.6 Å². The normalized spacial score (nSPS) is 17.0. The average Bonchev–Trinajstić information content (AvgIpc) is 2.73. The number of nitrogens with one attached hydrogen (secondary N) is 3. The van der Waals surface area contributed by atoms with Crippen LogP contribution in [-0.4, -0.2) is 54.3 Å². The summed E-state index contributed by atoms with van der Waals surface area (Å²) in [4.78, 5) is 51.6. The largest absolute Gasteiger partial charge is 0.462 e. The molecule has 1 fully saturated rings. The number of esters is 1. The fraction of sp³-hybridized carbons (Fsp3) is 0.400. The third-order valence-corrected chi connectivity index (χ3v) is 7.11. The van der Waals surface area contributed by atoms with E-state index in [2.05, 4.69) is 10.3 Å². The maximum Gasteiger partial charge on any atom is 0.338 e. The maximum absolute atomic E-state index is 13.0. The Balaban J connectivity index is 1.73. The average molecular weight is 465 g/mol. The second-order valence-electron chi connectivity index (χ2n) is 7.35. The van der Waals surface area contributed by atoms with Crippen LogP contribution in [0.2, 0.25) is 0 Å². The first-order chi connectivity index (χ1) is 15.1. The van der Waals surface area contributed by atoms with Gasteiger partial charge in [0.15, 0.2) is 4.90 Å². The van der Waals surface area contributed by atoms with Crippen LogP contribution in [0.1, 0.15) is 35.8 Å². The molecule has 1 aromatic carbocycles. The van der Waals surface area contributed by atoms with Crippen LogP contribution in [0.15, 0.2) is 38.8 Å². The lowest BCUT2D eigenvalue weighted by atomic mass is 9.98. The minimum atomic E-state index is -4.21. The highest BCUT2D eigenvalue weighted by atomic mass is 32.2. The van der Waals surface area contributed by atoms with Crippen molar-refractivity contribution in [3.05, 3.63) is 56.4 Å². The molecule has 11 nitrogen and oxygen atoms in total. The number of amides is 1. The van der Waals surface area contributed by atoms with Gasteiger partial charge in [-0.25, -0.2) is 18.0 Å². The van der Waals surface area contributed by atoms with Crippen LogP contribution in [0, 0.1) is 12.8 Å². The highest BCUT2D eigenvalue weighted by Crippen LogP contribution is 2.24. The van der Waals surface area contributed by atoms with E-state index in [9.17, 15) is 27.6 Å². The Kier molecular flexibility index (Phi) is 6.94. The number of anilines is 1. The van der Waals surface area contributed by atoms with E-state index in [0.717, 1.165) is 4.31 Å². The molecule has 1 aliphatic heterocycles. The van der Waals surface area contributed by atoms with E-state index < -0.39 is 38.1 Å². The van der Waals surface area contributed by atoms with Crippen molar-refractivity contribution in [3.8, 4) is 0 Å². The van der Waals surface area contributed by atoms with Crippen molar-refractivity contribution in [2.24, 2.45) is 5.92 Å². The number of piperidine rings is 1. The zero-order valence-corrected chi connectivity index (χ0v) is 18.5. The summed E-state index contributed by atoms with van der Waals surface area (Å²) >= 11 is 0. The number of hydrogen-bond acceptors (Lipinski definition) is 7. The number of aromatic amines is 2. The van der Waals surface area contributed by atoms with Crippen LogP contribution in [0.5, 0.6) is 0 Å². The standard InChI is InChI=1S/C20H24N4O7S/c1-3-31-19(27)13-6-8-15(9-7-13)22-17(25)14-5-4-10-24(11-14)32(29,30)16-12(2)21-20(28)23-18(16)26/h6-9,14H,3-5,10-11H2,1-2H3,(H,22,25)(H2,21,23,26,28)/t14-/m1/s1. The molecule has 0 radical (unpaired) electrons. The molecule has 1 amide bonds. The summed E-state index contributed by atoms with van der Waals surface area (Å²) in [6.45, 7) is 3.33. The number of sulfonamides is 1. The van der Waals surface area contributed by atoms with Gasteiger partial charge in [-0.2, -0.15) is 4.31 Å². The van der Waals surface area contributed by atoms with E-state index >= 15 is 0 Å². The first kappa shape index (κ1) is 23.4. The Morgan fingerprint density at radius 1 is 1.19 bits per heavy atom. The molecular weight excluding hydrogens is 440 g/mol. The summed E-state index contributed by atoms with van der Waals surface area (Å²) in [5.74, 6) is -1.47. The number of hydrogen-bond donors (Lipinski definition) is 3. The number of H-pyrrole nitrogens is 2. The van der Waals surface area contributed by atoms with Crippen LogP contribution in [-0.2, 0) is 19.6 Å². The van der Waals surface area contributed by atoms with Crippen molar-refractivity contribution in [2.75, 3.05) is 25.0 Å². The Hall–Kier alpha value is -3.25. The molecule has 0 bridgehead atoms. The molecule has 1 aliphatic rings. The summed E-state index contributed by atoms with van der Waals surface area (Å²) in [5, 5.41) is 2.72. The van der Waals surface area contributed by atoms with Gasteiger partial charge in [0.2, 0.25) is 15.9 Å². The number of ether oxygens (including phenoxy) is 1. The minimum absolute atomic E-state index is 0.0629. The molecule has 2 aromatic rings. The maximum atomic E-state index is 13.0. The van der Waals surface area contributed by atoms with E-state index in [1.54, 1.807) is 19.1 Å². The van der Waals surface area contributed by atoms with Crippen molar-refractivity contribution < 1.29 is 22.7 Å². The monoisotopic (exact) mass is 464 g/mol. The quantitative estimate of drug-likeness (QED) is 0.528. The lowest BCUT2D eigenvalue weighted by Gasteiger charge is -2.31. The molecule has 3 N–H and O–H groups in total. The fourth-order valence-corrected chi connectivity index (χ4v) is 5.28. The van der Waals surface area contributed by atoms with Crippen LogP contribution < -0.4 is 16.6 Å². The van der Waals surface area contributed by atoms with Gasteiger partial charge in [0.1, 0.15) is 0 Å². The number of aryl methyl sites for hydroxylation is 1. The van der Waals surface area contributed by atoms with Gasteiger partial charge in [0.25, 0.3) is 5.56 Å². The van der Waals surface area contributed by atoms with Crippen LogP contribution in [0.3, 0.4) is 0 Å². The predicted molar refractivity (Wildman–Crippen MR) is 115 cm³/mol. The third-order valence-electron chi connectivity index (χ3n) is 5.09. The summed E-state index contributed by atoms with van der Waals surface area (Å²) in [6.07, 6.45) is 0.902. The second kappa shape index (κ2) is 9.49. The molecule has 12 heteroatoms. The highest BCUT2D eigenvalue weighted by molar-refractivity contribution is 7.89. The smallest absolute Gasteiger partial charge is 0.338 e. The SMILES string of the molecule is CCOC(=O)c1ccc(NC(=O)[C@@H]2CCCN(S(=O)(=O)c3c(C)[nH]c(=O)[nH]c3=O)C2)cc1. The number of carbonyl (C=O) groups is 2. The molecule has 0 saturated carbocycles. The van der Waals surface area contributed by atoms with Gasteiger partial charge in [-0.3, -0.25) is 14.6 Å². The van der Waals surface area contributed by atoms with Gasteiger partial charge < -0.3 is 15.0 Å². The van der Waals surface area contributed by atoms with E-state index in [4.69, 9.17) is 4.74 Å². The third kappa shape index (κ3) is 4.97. The summed E-state index contributed by atoms with van der Waals surface area (Å²) < 4.78 is 32.1. The van der Waals surface area contributed by atoms with Crippen molar-refractivity contribution in [1.82, 2.24) is 14.3 Å². The van der Waals surface area contributed by atoms with E-state index in [-0.39, 0.29) is 31.3 Å². The first-order valence-corrected chi connectivity index (χ1v) is 11.5. The Morgan fingerprint density at radius 3 is 2.50 bits per heavy atom. The molecule has 2 heterocycles. The minimum Gasteiger partial charge on any atom is -0.462 e. The van der Waals surface area contributed by atoms with E-state index in [1.807, 2.05) is 4.98 Å². The van der Waals surface area contributed by atoms with Gasteiger partial charge >= 0.3 is 11.7 Å². The summed E-state index contributed by atoms with van der Waals surface area (Å²) in [7, 11) is -4.21. The molecule has 172 valence electrons. The molecule has 0 aliphatic carbocycles. The van der Waals surface area contributed by atoms with E-state index in [0.29, 0.717) is 24.1 Å². The molecule has 1 saturated heterocycles. The summed E-state index contributed by atoms with van der Waals surface area (Å²) in [6, 6.07) is 6.17. The van der Waals surface area contributed by atoms with Crippen molar-refractivity contribution >= 4 is 27.6 Å². The van der Waals surface area contributed by atoms with Gasteiger partial charge in [-0.1, -0.05) is 0 Å². The number of rotatable bonds is 6. The van der Waals surface area contributed by atoms with Crippen molar-refractivity contribution in [3.63, 3.8) is 0 Å². The van der Waals surface area contributed by atoms with Crippen LogP contribution >= 0.6 is 0 Å². The van der Waals surface area contributed by atoms with E-state index in [1.165, 1.54) is 19.1 Å². The molecule has 0 unspecified atom stereocenters. The van der Waals surface area contributed by atoms with Crippen LogP contribution in [0.4, 0.5) is 5.69 Å². The molecular formula is C20H24N4O7S. The zero-order valence-electron chi connectivity index (χ0n) is 17.6. The lowest BCUT2D eigenvalue weighted by Crippen LogP contribution is -2.45. The molecule has 1 atom stereocenters. The van der Waals surface area contributed by atoms with Crippen molar-refractivity contribution in [1.29, 1.82) is 0 Å². The first-order valence-electron chi connectivity index (χ1n) is 10.0. The molecule has 0 spiro atoms.